The summed E-state index contributed by atoms with van der Waals surface area (Å²) in [5.74, 6) is 0. The molecule has 0 spiro atoms. The molecule has 4 heteroatoms. The number of fused-ring (bicyclic) bond motifs is 10. The van der Waals surface area contributed by atoms with Crippen molar-refractivity contribution >= 4 is 93.5 Å². The smallest absolute Gasteiger partial charge is 0.159 e. The number of rotatable bonds is 7. The van der Waals surface area contributed by atoms with Gasteiger partial charge in [0.2, 0.25) is 0 Å². The lowest BCUT2D eigenvalue weighted by Crippen LogP contribution is -2.11. The fourth-order valence-electron chi connectivity index (χ4n) is 10.6. The van der Waals surface area contributed by atoms with Gasteiger partial charge in [-0.05, 0) is 136 Å². The third-order valence-corrected chi connectivity index (χ3v) is 14.0. The standard InChI is InChI=1S/C65H42N2O2/c1-41-23-25-44(26-24-41)48-33-47(42-13-3-2-4-14-42)35-52(36-48)66(51-30-31-56-54-18-8-11-21-62(54)68-64(56)40-51)61-39-49(38-58-55-19-9-12-22-63(55)69-65(58)61)46-28-32-60-57(37-46)53-17-7-10-20-59(53)67(60)50-29-27-43-15-5-6-16-45(43)34-50/h2-40H,1H3. The SMILES string of the molecule is Cc1ccc(-c2cc(-c3ccccc3)cc(N(c3ccc4c(c3)oc3ccccc34)c3cc(-c4ccc5c(c4)c4ccccc4n5-c4ccc5ccccc5c4)cc4c3oc3ccccc34)c2)cc1. The number of para-hydroxylation sites is 3. The highest BCUT2D eigenvalue weighted by molar-refractivity contribution is 6.15. The zero-order valence-corrected chi connectivity index (χ0v) is 37.7. The molecule has 0 amide bonds. The second kappa shape index (κ2) is 15.5. The molecule has 0 atom stereocenters. The molecule has 0 N–H and O–H groups in total. The Bertz CT molecular complexity index is 4320. The predicted octanol–water partition coefficient (Wildman–Crippen LogP) is 18.5. The van der Waals surface area contributed by atoms with Crippen molar-refractivity contribution < 1.29 is 8.83 Å². The Morgan fingerprint density at radius 2 is 0.942 bits per heavy atom. The van der Waals surface area contributed by atoms with E-state index in [-0.39, 0.29) is 0 Å². The number of hydrogen-bond donors (Lipinski definition) is 0. The molecule has 69 heavy (non-hydrogen) atoms. The maximum absolute atomic E-state index is 7.02. The fraction of sp³-hybridized carbons (Fsp3) is 0.0154. The molecule has 14 aromatic rings. The summed E-state index contributed by atoms with van der Waals surface area (Å²) in [6, 6.07) is 85.4. The molecule has 0 aliphatic heterocycles. The van der Waals surface area contributed by atoms with Gasteiger partial charge in [-0.25, -0.2) is 0 Å². The Morgan fingerprint density at radius 1 is 0.333 bits per heavy atom. The van der Waals surface area contributed by atoms with Crippen LogP contribution in [0.25, 0.3) is 116 Å². The second-order valence-electron chi connectivity index (χ2n) is 18.2. The van der Waals surface area contributed by atoms with Gasteiger partial charge in [0.1, 0.15) is 16.7 Å². The Labute approximate surface area is 398 Å². The summed E-state index contributed by atoms with van der Waals surface area (Å²) in [5.41, 5.74) is 17.6. The minimum atomic E-state index is 0.806. The summed E-state index contributed by atoms with van der Waals surface area (Å²) in [4.78, 5) is 2.37. The van der Waals surface area contributed by atoms with Crippen LogP contribution in [0.5, 0.6) is 0 Å². The summed E-state index contributed by atoms with van der Waals surface area (Å²) >= 11 is 0. The van der Waals surface area contributed by atoms with Crippen molar-refractivity contribution in [3.8, 4) is 39.1 Å². The zero-order chi connectivity index (χ0) is 45.6. The van der Waals surface area contributed by atoms with Gasteiger partial charge >= 0.3 is 0 Å². The molecule has 0 aliphatic rings. The number of benzene rings is 11. The van der Waals surface area contributed by atoms with Crippen molar-refractivity contribution in [3.05, 3.63) is 242 Å². The van der Waals surface area contributed by atoms with E-state index < -0.39 is 0 Å². The van der Waals surface area contributed by atoms with E-state index in [1.807, 2.05) is 12.1 Å². The van der Waals surface area contributed by atoms with Gasteiger partial charge in [-0.1, -0.05) is 151 Å². The number of hydrogen-bond acceptors (Lipinski definition) is 3. The normalized spacial score (nSPS) is 11.8. The number of aryl methyl sites for hydroxylation is 1. The van der Waals surface area contributed by atoms with Crippen molar-refractivity contribution in [3.63, 3.8) is 0 Å². The monoisotopic (exact) mass is 882 g/mol. The summed E-state index contributed by atoms with van der Waals surface area (Å²) in [5, 5.41) is 9.13. The molecule has 0 radical (unpaired) electrons. The zero-order valence-electron chi connectivity index (χ0n) is 37.7. The van der Waals surface area contributed by atoms with E-state index in [4.69, 9.17) is 8.83 Å². The Morgan fingerprint density at radius 3 is 1.75 bits per heavy atom. The molecule has 11 aromatic carbocycles. The predicted molar refractivity (Wildman–Crippen MR) is 289 cm³/mol. The first-order chi connectivity index (χ1) is 34.1. The second-order valence-corrected chi connectivity index (χ2v) is 18.2. The van der Waals surface area contributed by atoms with Crippen LogP contribution in [-0.4, -0.2) is 4.57 Å². The van der Waals surface area contributed by atoms with Crippen molar-refractivity contribution in [1.29, 1.82) is 0 Å². The van der Waals surface area contributed by atoms with Crippen LogP contribution in [0.1, 0.15) is 5.56 Å². The summed E-state index contributed by atoms with van der Waals surface area (Å²) in [6.45, 7) is 2.14. The van der Waals surface area contributed by atoms with E-state index in [0.29, 0.717) is 0 Å². The lowest BCUT2D eigenvalue weighted by molar-refractivity contribution is 0.667. The van der Waals surface area contributed by atoms with Gasteiger partial charge in [-0.3, -0.25) is 0 Å². The first-order valence-electron chi connectivity index (χ1n) is 23.6. The summed E-state index contributed by atoms with van der Waals surface area (Å²) < 4.78 is 16.0. The highest BCUT2D eigenvalue weighted by Crippen LogP contribution is 2.48. The first-order valence-corrected chi connectivity index (χ1v) is 23.6. The van der Waals surface area contributed by atoms with E-state index in [1.54, 1.807) is 0 Å². The Balaban J connectivity index is 1.04. The average molecular weight is 883 g/mol. The Kier molecular flexibility index (Phi) is 8.77. The quantitative estimate of drug-likeness (QED) is 0.160. The van der Waals surface area contributed by atoms with Gasteiger partial charge in [0, 0.05) is 49.8 Å². The van der Waals surface area contributed by atoms with E-state index in [0.717, 1.165) is 106 Å². The van der Waals surface area contributed by atoms with Crippen molar-refractivity contribution in [1.82, 2.24) is 4.57 Å². The first kappa shape index (κ1) is 39.1. The number of aromatic nitrogens is 1. The molecule has 3 aromatic heterocycles. The molecule has 0 aliphatic carbocycles. The minimum absolute atomic E-state index is 0.806. The fourth-order valence-corrected chi connectivity index (χ4v) is 10.6. The molecule has 0 unspecified atom stereocenters. The molecule has 0 saturated heterocycles. The molecular weight excluding hydrogens is 841 g/mol. The molecule has 14 rings (SSSR count). The van der Waals surface area contributed by atoms with Crippen LogP contribution in [0.4, 0.5) is 17.1 Å². The van der Waals surface area contributed by atoms with Crippen LogP contribution < -0.4 is 4.90 Å². The average Bonchev–Trinajstić information content (AvgIpc) is 4.08. The maximum Gasteiger partial charge on any atom is 0.159 e. The maximum atomic E-state index is 7.02. The summed E-state index contributed by atoms with van der Waals surface area (Å²) in [7, 11) is 0. The molecule has 324 valence electrons. The van der Waals surface area contributed by atoms with Gasteiger partial charge < -0.3 is 18.3 Å². The van der Waals surface area contributed by atoms with Crippen molar-refractivity contribution in [2.24, 2.45) is 0 Å². The van der Waals surface area contributed by atoms with E-state index in [9.17, 15) is 0 Å². The van der Waals surface area contributed by atoms with E-state index >= 15 is 0 Å². The minimum Gasteiger partial charge on any atom is -0.456 e. The van der Waals surface area contributed by atoms with Gasteiger partial charge in [-0.2, -0.15) is 0 Å². The van der Waals surface area contributed by atoms with Crippen LogP contribution in [0.15, 0.2) is 245 Å². The van der Waals surface area contributed by atoms with Gasteiger partial charge in [-0.15, -0.1) is 0 Å². The van der Waals surface area contributed by atoms with Gasteiger partial charge in [0.15, 0.2) is 5.58 Å². The molecule has 0 bridgehead atoms. The highest BCUT2D eigenvalue weighted by atomic mass is 16.3. The van der Waals surface area contributed by atoms with Crippen molar-refractivity contribution in [2.45, 2.75) is 6.92 Å². The third-order valence-electron chi connectivity index (χ3n) is 14.0. The molecular formula is C65H42N2O2. The van der Waals surface area contributed by atoms with Gasteiger partial charge in [0.05, 0.1) is 22.4 Å². The van der Waals surface area contributed by atoms with Crippen molar-refractivity contribution in [2.75, 3.05) is 4.90 Å². The van der Waals surface area contributed by atoms with Crippen LogP contribution in [0.2, 0.25) is 0 Å². The largest absolute Gasteiger partial charge is 0.456 e. The topological polar surface area (TPSA) is 34.5 Å². The molecule has 0 fully saturated rings. The molecule has 3 heterocycles. The van der Waals surface area contributed by atoms with Crippen LogP contribution >= 0.6 is 0 Å². The number of furan rings is 2. The van der Waals surface area contributed by atoms with Gasteiger partial charge in [0.25, 0.3) is 0 Å². The number of anilines is 3. The summed E-state index contributed by atoms with van der Waals surface area (Å²) in [6.07, 6.45) is 0. The van der Waals surface area contributed by atoms with Crippen LogP contribution in [0.3, 0.4) is 0 Å². The lowest BCUT2D eigenvalue weighted by Gasteiger charge is -2.27. The van der Waals surface area contributed by atoms with Crippen LogP contribution in [0, 0.1) is 6.92 Å². The van der Waals surface area contributed by atoms with E-state index in [2.05, 4.69) is 241 Å². The molecule has 4 nitrogen and oxygen atoms in total. The highest BCUT2D eigenvalue weighted by Gasteiger charge is 2.24. The third kappa shape index (κ3) is 6.45. The number of nitrogens with zero attached hydrogens (tertiary/aromatic N) is 2. The Hall–Kier alpha value is -9.12. The van der Waals surface area contributed by atoms with E-state index in [1.165, 1.54) is 32.6 Å². The van der Waals surface area contributed by atoms with Crippen LogP contribution in [-0.2, 0) is 0 Å². The lowest BCUT2D eigenvalue weighted by atomic mass is 9.96. The molecule has 0 saturated carbocycles.